The molecule has 25 heavy (non-hydrogen) atoms. The number of hydrogen-bond donors (Lipinski definition) is 0. The predicted octanol–water partition coefficient (Wildman–Crippen LogP) is 6.65. The van der Waals surface area contributed by atoms with E-state index in [0.717, 1.165) is 12.8 Å². The second-order valence-corrected chi connectivity index (χ2v) is 6.35. The average molecular weight is 344 g/mol. The molecule has 138 valence electrons. The fraction of sp³-hybridized carbons (Fsp3) is 0.545. The third kappa shape index (κ3) is 8.67. The molecule has 3 nitrogen and oxygen atoms in total. The molecule has 0 bridgehead atoms. The lowest BCUT2D eigenvalue weighted by Crippen LogP contribution is -2.01. The number of carbonyl (C=O) groups is 1. The SMILES string of the molecule is CCCCCC/C=C(/C=Nc1ccccc1C(=O)OC)CCCCC. The monoisotopic (exact) mass is 343 g/mol. The van der Waals surface area contributed by atoms with Crippen LogP contribution in [0.25, 0.3) is 0 Å². The van der Waals surface area contributed by atoms with Crippen molar-refractivity contribution in [2.45, 2.75) is 71.6 Å². The highest BCUT2D eigenvalue weighted by atomic mass is 16.5. The molecular weight excluding hydrogens is 310 g/mol. The number of rotatable bonds is 12. The minimum Gasteiger partial charge on any atom is -0.465 e. The molecule has 0 saturated carbocycles. The Morgan fingerprint density at radius 3 is 2.48 bits per heavy atom. The molecule has 0 saturated heterocycles. The number of nitrogens with zero attached hydrogens (tertiary/aromatic N) is 1. The molecule has 0 aromatic heterocycles. The minimum atomic E-state index is -0.344. The predicted molar refractivity (Wildman–Crippen MR) is 107 cm³/mol. The lowest BCUT2D eigenvalue weighted by atomic mass is 10.1. The number of unbranched alkanes of at least 4 members (excludes halogenated alkanes) is 6. The van der Waals surface area contributed by atoms with Gasteiger partial charge in [-0.25, -0.2) is 4.79 Å². The van der Waals surface area contributed by atoms with Gasteiger partial charge in [0, 0.05) is 6.21 Å². The van der Waals surface area contributed by atoms with Crippen LogP contribution in [0.1, 0.15) is 82.0 Å². The first-order valence-corrected chi connectivity index (χ1v) is 9.63. The summed E-state index contributed by atoms with van der Waals surface area (Å²) in [5, 5.41) is 0. The van der Waals surface area contributed by atoms with E-state index in [9.17, 15) is 4.79 Å². The number of ether oxygens (including phenoxy) is 1. The maximum Gasteiger partial charge on any atom is 0.340 e. The third-order valence-electron chi connectivity index (χ3n) is 4.21. The number of allylic oxidation sites excluding steroid dienone is 2. The van der Waals surface area contributed by atoms with Gasteiger partial charge in [-0.2, -0.15) is 0 Å². The summed E-state index contributed by atoms with van der Waals surface area (Å²) in [4.78, 5) is 16.4. The second kappa shape index (κ2) is 13.4. The van der Waals surface area contributed by atoms with E-state index < -0.39 is 0 Å². The summed E-state index contributed by atoms with van der Waals surface area (Å²) in [5.74, 6) is -0.344. The Bertz CT molecular complexity index is 561. The van der Waals surface area contributed by atoms with E-state index in [1.165, 1.54) is 57.6 Å². The van der Waals surface area contributed by atoms with Gasteiger partial charge < -0.3 is 4.74 Å². The fourth-order valence-corrected chi connectivity index (χ4v) is 2.68. The van der Waals surface area contributed by atoms with Gasteiger partial charge >= 0.3 is 5.97 Å². The molecule has 0 N–H and O–H groups in total. The zero-order chi connectivity index (χ0) is 18.3. The number of carbonyl (C=O) groups excluding carboxylic acids is 1. The molecule has 0 amide bonds. The van der Waals surface area contributed by atoms with Gasteiger partial charge in [-0.3, -0.25) is 4.99 Å². The van der Waals surface area contributed by atoms with E-state index in [4.69, 9.17) is 4.74 Å². The first-order chi connectivity index (χ1) is 12.2. The summed E-state index contributed by atoms with van der Waals surface area (Å²) in [5.41, 5.74) is 2.45. The third-order valence-corrected chi connectivity index (χ3v) is 4.21. The van der Waals surface area contributed by atoms with Crippen LogP contribution in [0.15, 0.2) is 40.9 Å². The van der Waals surface area contributed by atoms with Gasteiger partial charge in [0.25, 0.3) is 0 Å². The molecule has 1 aromatic rings. The number of esters is 1. The van der Waals surface area contributed by atoms with E-state index in [-0.39, 0.29) is 5.97 Å². The molecule has 0 aliphatic rings. The van der Waals surface area contributed by atoms with Crippen molar-refractivity contribution in [1.82, 2.24) is 0 Å². The summed E-state index contributed by atoms with van der Waals surface area (Å²) in [6, 6.07) is 7.33. The van der Waals surface area contributed by atoms with Crippen molar-refractivity contribution < 1.29 is 9.53 Å². The molecule has 0 aliphatic carbocycles. The molecule has 1 aromatic carbocycles. The average Bonchev–Trinajstić information content (AvgIpc) is 2.65. The summed E-state index contributed by atoms with van der Waals surface area (Å²) >= 11 is 0. The molecule has 0 unspecified atom stereocenters. The molecule has 0 heterocycles. The molecule has 0 radical (unpaired) electrons. The minimum absolute atomic E-state index is 0.344. The smallest absolute Gasteiger partial charge is 0.340 e. The topological polar surface area (TPSA) is 38.7 Å². The van der Waals surface area contributed by atoms with Crippen molar-refractivity contribution >= 4 is 17.9 Å². The highest BCUT2D eigenvalue weighted by Crippen LogP contribution is 2.20. The zero-order valence-corrected chi connectivity index (χ0v) is 16.1. The summed E-state index contributed by atoms with van der Waals surface area (Å²) in [6.45, 7) is 4.45. The lowest BCUT2D eigenvalue weighted by Gasteiger charge is -2.05. The van der Waals surface area contributed by atoms with Gasteiger partial charge in [0.2, 0.25) is 0 Å². The van der Waals surface area contributed by atoms with Gasteiger partial charge in [0.1, 0.15) is 0 Å². The van der Waals surface area contributed by atoms with E-state index in [2.05, 4.69) is 24.9 Å². The molecule has 0 atom stereocenters. The summed E-state index contributed by atoms with van der Waals surface area (Å²) in [6.07, 6.45) is 15.1. The van der Waals surface area contributed by atoms with Crippen molar-refractivity contribution in [3.8, 4) is 0 Å². The number of benzene rings is 1. The Hall–Kier alpha value is -1.90. The molecule has 0 fully saturated rings. The van der Waals surface area contributed by atoms with Crippen molar-refractivity contribution in [3.05, 3.63) is 41.5 Å². The first kappa shape index (κ1) is 21.1. The van der Waals surface area contributed by atoms with Gasteiger partial charge in [0.15, 0.2) is 0 Å². The van der Waals surface area contributed by atoms with Gasteiger partial charge in [-0.15, -0.1) is 0 Å². The highest BCUT2D eigenvalue weighted by Gasteiger charge is 2.09. The maximum atomic E-state index is 11.9. The van der Waals surface area contributed by atoms with Crippen LogP contribution in [0.3, 0.4) is 0 Å². The van der Waals surface area contributed by atoms with Gasteiger partial charge in [-0.1, -0.05) is 64.2 Å². The number of para-hydroxylation sites is 1. The van der Waals surface area contributed by atoms with Crippen LogP contribution >= 0.6 is 0 Å². The maximum absolute atomic E-state index is 11.9. The van der Waals surface area contributed by atoms with Crippen molar-refractivity contribution in [2.24, 2.45) is 4.99 Å². The number of hydrogen-bond acceptors (Lipinski definition) is 3. The van der Waals surface area contributed by atoms with Gasteiger partial charge in [-0.05, 0) is 43.4 Å². The normalized spacial score (nSPS) is 11.9. The van der Waals surface area contributed by atoms with E-state index >= 15 is 0 Å². The second-order valence-electron chi connectivity index (χ2n) is 6.35. The molecule has 0 aliphatic heterocycles. The lowest BCUT2D eigenvalue weighted by molar-refractivity contribution is 0.0601. The van der Waals surface area contributed by atoms with Crippen molar-refractivity contribution in [2.75, 3.05) is 7.11 Å². The Balaban J connectivity index is 2.79. The Morgan fingerprint density at radius 1 is 1.04 bits per heavy atom. The Kier molecular flexibility index (Phi) is 11.3. The quantitative estimate of drug-likeness (QED) is 0.242. The first-order valence-electron chi connectivity index (χ1n) is 9.63. The van der Waals surface area contributed by atoms with Crippen LogP contribution < -0.4 is 0 Å². The van der Waals surface area contributed by atoms with Crippen LogP contribution in [-0.4, -0.2) is 19.3 Å². The highest BCUT2D eigenvalue weighted by molar-refractivity contribution is 5.96. The molecule has 0 spiro atoms. The van der Waals surface area contributed by atoms with E-state index in [0.29, 0.717) is 11.3 Å². The van der Waals surface area contributed by atoms with E-state index in [1.807, 2.05) is 24.4 Å². The van der Waals surface area contributed by atoms with Crippen molar-refractivity contribution in [1.29, 1.82) is 0 Å². The number of aliphatic imine (C=N–C) groups is 1. The molecular formula is C22H33NO2. The Labute approximate surface area is 153 Å². The summed E-state index contributed by atoms with van der Waals surface area (Å²) in [7, 11) is 1.40. The van der Waals surface area contributed by atoms with Crippen LogP contribution in [0.5, 0.6) is 0 Å². The Morgan fingerprint density at radius 2 is 1.76 bits per heavy atom. The summed E-state index contributed by atoms with van der Waals surface area (Å²) < 4.78 is 4.84. The van der Waals surface area contributed by atoms with E-state index in [1.54, 1.807) is 6.07 Å². The van der Waals surface area contributed by atoms with Crippen LogP contribution in [0.4, 0.5) is 5.69 Å². The number of methoxy groups -OCH3 is 1. The molecule has 1 rings (SSSR count). The van der Waals surface area contributed by atoms with Crippen molar-refractivity contribution in [3.63, 3.8) is 0 Å². The van der Waals surface area contributed by atoms with Gasteiger partial charge in [0.05, 0.1) is 18.4 Å². The van der Waals surface area contributed by atoms with Crippen LogP contribution in [-0.2, 0) is 4.74 Å². The zero-order valence-electron chi connectivity index (χ0n) is 16.1. The largest absolute Gasteiger partial charge is 0.465 e. The molecule has 3 heteroatoms. The standard InChI is InChI=1S/C22H33NO2/c1-4-6-8-9-11-15-19(14-10-7-5-2)18-23-21-17-13-12-16-20(21)22(24)25-3/h12-13,15-18H,4-11,14H2,1-3H3/b19-15+,23-18?. The van der Waals surface area contributed by atoms with Crippen LogP contribution in [0, 0.1) is 0 Å². The fourth-order valence-electron chi connectivity index (χ4n) is 2.68. The van der Waals surface area contributed by atoms with Crippen LogP contribution in [0.2, 0.25) is 0 Å².